The third-order valence-corrected chi connectivity index (χ3v) is 3.70. The van der Waals surface area contributed by atoms with Crippen LogP contribution < -0.4 is 0 Å². The van der Waals surface area contributed by atoms with Crippen LogP contribution in [0.1, 0.15) is 10.4 Å². The van der Waals surface area contributed by atoms with Gasteiger partial charge in [0, 0.05) is 0 Å². The molecule has 0 bridgehead atoms. The Morgan fingerprint density at radius 3 is 1.33 bits per heavy atom. The van der Waals surface area contributed by atoms with E-state index in [1.54, 1.807) is 0 Å². The summed E-state index contributed by atoms with van der Waals surface area (Å²) in [6.07, 6.45) is 0. The van der Waals surface area contributed by atoms with Crippen LogP contribution in [0, 0.1) is 0 Å². The molecule has 0 atom stereocenters. The Kier molecular flexibility index (Phi) is 7.43. The van der Waals surface area contributed by atoms with Crippen LogP contribution in [0.4, 0.5) is 0 Å². The number of carboxylic acids is 1. The van der Waals surface area contributed by atoms with Gasteiger partial charge in [-0.2, -0.15) is 0 Å². The van der Waals surface area contributed by atoms with E-state index in [0.29, 0.717) is 0 Å². The van der Waals surface area contributed by atoms with Gasteiger partial charge in [-0.05, 0) is 0 Å². The zero-order chi connectivity index (χ0) is 11.0. The van der Waals surface area contributed by atoms with Gasteiger partial charge >= 0.3 is 57.4 Å². The molecule has 78 valence electrons. The minimum atomic E-state index is -1.32. The number of rotatable bonds is 1. The van der Waals surface area contributed by atoms with Crippen molar-refractivity contribution in [2.45, 2.75) is 0 Å². The fourth-order valence-corrected chi connectivity index (χ4v) is 2.09. The number of hydrogen-bond acceptors (Lipinski definition) is 1. The van der Waals surface area contributed by atoms with Crippen LogP contribution >= 0.6 is 58.0 Å². The second kappa shape index (κ2) is 6.64. The minimum absolute atomic E-state index is 0. The van der Waals surface area contributed by atoms with Crippen LogP contribution in [0.5, 0.6) is 0 Å². The van der Waals surface area contributed by atoms with Gasteiger partial charge in [-0.1, -0.05) is 58.0 Å². The molecule has 0 amide bonds. The third-order valence-electron chi connectivity index (χ3n) is 1.42. The first-order chi connectivity index (χ1) is 6.37. The molecule has 0 heterocycles. The van der Waals surface area contributed by atoms with Crippen molar-refractivity contribution in [3.63, 3.8) is 0 Å². The summed E-state index contributed by atoms with van der Waals surface area (Å²) < 4.78 is 0. The summed E-state index contributed by atoms with van der Waals surface area (Å²) in [5, 5.41) is 8.00. The monoisotopic (exact) mass is 332 g/mol. The summed E-state index contributed by atoms with van der Waals surface area (Å²) in [5.41, 5.74) is -0.354. The fraction of sp³-hybridized carbons (Fsp3) is 0. The third kappa shape index (κ3) is 3.38. The summed E-state index contributed by atoms with van der Waals surface area (Å²) in [5.74, 6) is -1.32. The van der Waals surface area contributed by atoms with E-state index in [1.807, 2.05) is 0 Å². The quantitative estimate of drug-likeness (QED) is 0.479. The van der Waals surface area contributed by atoms with E-state index in [2.05, 4.69) is 0 Å². The fourth-order valence-electron chi connectivity index (χ4n) is 0.793. The van der Waals surface area contributed by atoms with Gasteiger partial charge in [-0.3, -0.25) is 0 Å². The Hall–Kier alpha value is 1.78. The van der Waals surface area contributed by atoms with E-state index in [9.17, 15) is 4.79 Å². The maximum atomic E-state index is 10.7. The van der Waals surface area contributed by atoms with Gasteiger partial charge in [0.05, 0.1) is 30.7 Å². The molecule has 15 heavy (non-hydrogen) atoms. The van der Waals surface area contributed by atoms with Gasteiger partial charge in [0.25, 0.3) is 0 Å². The van der Waals surface area contributed by atoms with Crippen molar-refractivity contribution in [3.05, 3.63) is 30.7 Å². The van der Waals surface area contributed by atoms with E-state index >= 15 is 0 Å². The summed E-state index contributed by atoms with van der Waals surface area (Å²) >= 11 is 28.2. The van der Waals surface area contributed by atoms with E-state index in [-0.39, 0.29) is 82.1 Å². The number of hydrogen-bond donors (Lipinski definition) is 1. The van der Waals surface area contributed by atoms with Crippen LogP contribution in [0.25, 0.3) is 0 Å². The van der Waals surface area contributed by atoms with Crippen molar-refractivity contribution < 1.29 is 9.90 Å². The van der Waals surface area contributed by atoms with Crippen LogP contribution in [-0.4, -0.2) is 62.5 Å². The van der Waals surface area contributed by atoms with E-state index in [0.717, 1.165) is 0 Å². The molecule has 0 aliphatic carbocycles. The summed E-state index contributed by atoms with van der Waals surface area (Å²) in [4.78, 5) is 10.7. The van der Waals surface area contributed by atoms with Crippen molar-refractivity contribution in [3.8, 4) is 0 Å². The van der Waals surface area contributed by atoms with Gasteiger partial charge in [0.2, 0.25) is 0 Å². The molecule has 1 aromatic carbocycles. The number of aromatic carboxylic acids is 1. The Morgan fingerprint density at radius 1 is 0.800 bits per heavy atom. The molecule has 0 aromatic heterocycles. The molecular formula is C7H2Cl5KO2. The van der Waals surface area contributed by atoms with E-state index in [1.165, 1.54) is 0 Å². The van der Waals surface area contributed by atoms with Crippen molar-refractivity contribution in [2.75, 3.05) is 0 Å². The molecule has 0 unspecified atom stereocenters. The number of halogens is 5. The normalized spacial score (nSPS) is 9.67. The topological polar surface area (TPSA) is 37.3 Å². The molecule has 0 aliphatic heterocycles. The van der Waals surface area contributed by atoms with E-state index < -0.39 is 5.97 Å². The molecule has 0 spiro atoms. The predicted molar refractivity (Wildman–Crippen MR) is 65.6 cm³/mol. The zero-order valence-corrected chi connectivity index (χ0v) is 10.0. The van der Waals surface area contributed by atoms with Crippen LogP contribution in [0.2, 0.25) is 25.1 Å². The predicted octanol–water partition coefficient (Wildman–Crippen LogP) is 4.00. The molecule has 8 heteroatoms. The number of carbonyl (C=O) groups is 1. The average Bonchev–Trinajstić information content (AvgIpc) is 2.11. The Labute approximate surface area is 153 Å². The molecule has 0 aliphatic rings. The summed E-state index contributed by atoms with van der Waals surface area (Å²) in [7, 11) is 0. The average molecular weight is 334 g/mol. The van der Waals surface area contributed by atoms with Gasteiger partial charge < -0.3 is 5.11 Å². The SMILES string of the molecule is O=C(O)c1c(Cl)c(Cl)c(Cl)c(Cl)c1Cl.[KH]. The Balaban J connectivity index is 0.00000196. The summed E-state index contributed by atoms with van der Waals surface area (Å²) in [6.45, 7) is 0. The van der Waals surface area contributed by atoms with Crippen LogP contribution in [0.3, 0.4) is 0 Å². The standard InChI is InChI=1S/C7HCl5O2.K.H/c8-2-1(7(13)14)3(9)5(11)6(12)4(2)10;;/h(H,13,14);;. The Bertz CT molecular complexity index is 391. The molecule has 0 saturated carbocycles. The van der Waals surface area contributed by atoms with E-state index in [4.69, 9.17) is 63.1 Å². The molecule has 1 aromatic rings. The first-order valence-electron chi connectivity index (χ1n) is 3.12. The number of benzene rings is 1. The molecule has 0 fully saturated rings. The van der Waals surface area contributed by atoms with Gasteiger partial charge in [0.15, 0.2) is 0 Å². The van der Waals surface area contributed by atoms with Crippen LogP contribution in [-0.2, 0) is 0 Å². The molecule has 1 N–H and O–H groups in total. The second-order valence-electron chi connectivity index (χ2n) is 2.25. The molecular weight excluding hydrogens is 332 g/mol. The first-order valence-corrected chi connectivity index (χ1v) is 5.01. The van der Waals surface area contributed by atoms with Crippen molar-refractivity contribution in [2.24, 2.45) is 0 Å². The van der Waals surface area contributed by atoms with Crippen molar-refractivity contribution in [1.29, 1.82) is 0 Å². The molecule has 0 saturated heterocycles. The Morgan fingerprint density at radius 2 is 1.07 bits per heavy atom. The van der Waals surface area contributed by atoms with Crippen LogP contribution in [0.15, 0.2) is 0 Å². The molecule has 1 rings (SSSR count). The first kappa shape index (κ1) is 16.8. The van der Waals surface area contributed by atoms with Gasteiger partial charge in [-0.25, -0.2) is 4.79 Å². The van der Waals surface area contributed by atoms with Crippen molar-refractivity contribution in [1.82, 2.24) is 0 Å². The maximum absolute atomic E-state index is 10.7. The van der Waals surface area contributed by atoms with Gasteiger partial charge in [-0.15, -0.1) is 0 Å². The zero-order valence-electron chi connectivity index (χ0n) is 6.25. The van der Waals surface area contributed by atoms with Gasteiger partial charge in [0.1, 0.15) is 0 Å². The number of carboxylic acid groups (broad SMARTS) is 1. The molecule has 2 nitrogen and oxygen atoms in total. The summed E-state index contributed by atoms with van der Waals surface area (Å²) in [6, 6.07) is 0. The van der Waals surface area contributed by atoms with Crippen molar-refractivity contribution >= 4 is 115 Å². The second-order valence-corrected chi connectivity index (χ2v) is 4.14. The molecule has 0 radical (unpaired) electrons.